The summed E-state index contributed by atoms with van der Waals surface area (Å²) < 4.78 is 12.4. The second kappa shape index (κ2) is 14.3. The molecule has 1 atom stereocenters. The number of aromatic nitrogens is 2. The van der Waals surface area contributed by atoms with Crippen LogP contribution in [-0.4, -0.2) is 23.2 Å². The molecule has 0 radical (unpaired) electrons. The molecule has 0 amide bonds. The second-order valence-corrected chi connectivity index (χ2v) is 12.1. The van der Waals surface area contributed by atoms with Gasteiger partial charge in [-0.25, -0.2) is 4.98 Å². The summed E-state index contributed by atoms with van der Waals surface area (Å²) in [6.45, 7) is 5.97. The van der Waals surface area contributed by atoms with Gasteiger partial charge in [-0.1, -0.05) is 86.5 Å². The SMILES string of the molecule is CCCCCCOc1ccc(-c2cnc3c(n2)C(Br)=CCC3(Br)c2ccc(OCCCCCC)cc2)cc1. The molecule has 1 aliphatic rings. The Morgan fingerprint density at radius 1 is 0.789 bits per heavy atom. The number of ether oxygens (including phenoxy) is 2. The first kappa shape index (κ1) is 28.8. The van der Waals surface area contributed by atoms with Crippen LogP contribution in [0.15, 0.2) is 60.8 Å². The van der Waals surface area contributed by atoms with E-state index in [1.165, 1.54) is 38.5 Å². The fourth-order valence-corrected chi connectivity index (χ4v) is 5.79. The molecular weight excluding hydrogens is 604 g/mol. The summed E-state index contributed by atoms with van der Waals surface area (Å²) >= 11 is 7.77. The number of fused-ring (bicyclic) bond motifs is 1. The fourth-order valence-electron chi connectivity index (χ4n) is 4.64. The molecule has 1 unspecified atom stereocenters. The number of benzene rings is 2. The van der Waals surface area contributed by atoms with Crippen LogP contribution in [0.3, 0.4) is 0 Å². The number of alkyl halides is 1. The zero-order valence-corrected chi connectivity index (χ0v) is 25.7. The molecule has 3 aromatic rings. The molecule has 0 spiro atoms. The first-order chi connectivity index (χ1) is 18.5. The van der Waals surface area contributed by atoms with Crippen LogP contribution in [0.1, 0.15) is 88.6 Å². The summed E-state index contributed by atoms with van der Waals surface area (Å²) in [5.41, 5.74) is 4.77. The first-order valence-electron chi connectivity index (χ1n) is 13.9. The molecule has 0 saturated carbocycles. The van der Waals surface area contributed by atoms with Crippen molar-refractivity contribution in [1.29, 1.82) is 0 Å². The Bertz CT molecular complexity index is 1200. The second-order valence-electron chi connectivity index (χ2n) is 9.88. The third-order valence-corrected chi connectivity index (χ3v) is 8.79. The molecule has 0 aliphatic heterocycles. The Morgan fingerprint density at radius 2 is 1.37 bits per heavy atom. The quantitative estimate of drug-likeness (QED) is 0.130. The molecule has 0 saturated heterocycles. The number of hydrogen-bond donors (Lipinski definition) is 0. The Morgan fingerprint density at radius 3 is 1.95 bits per heavy atom. The Balaban J connectivity index is 1.46. The maximum Gasteiger partial charge on any atom is 0.119 e. The molecule has 1 aromatic heterocycles. The third kappa shape index (κ3) is 7.26. The number of rotatable bonds is 14. The lowest BCUT2D eigenvalue weighted by Gasteiger charge is -2.31. The molecular formula is C32H38Br2N2O2. The van der Waals surface area contributed by atoms with Crippen molar-refractivity contribution in [2.45, 2.75) is 76.0 Å². The van der Waals surface area contributed by atoms with E-state index in [9.17, 15) is 0 Å². The third-order valence-electron chi connectivity index (χ3n) is 6.93. The van der Waals surface area contributed by atoms with Crippen LogP contribution < -0.4 is 9.47 Å². The molecule has 1 heterocycles. The van der Waals surface area contributed by atoms with E-state index in [1.807, 2.05) is 18.3 Å². The van der Waals surface area contributed by atoms with Crippen LogP contribution in [0.2, 0.25) is 0 Å². The van der Waals surface area contributed by atoms with Crippen LogP contribution >= 0.6 is 31.9 Å². The maximum absolute atomic E-state index is 5.95. The lowest BCUT2D eigenvalue weighted by Crippen LogP contribution is -2.25. The summed E-state index contributed by atoms with van der Waals surface area (Å²) in [7, 11) is 0. The van der Waals surface area contributed by atoms with Crippen molar-refractivity contribution in [2.24, 2.45) is 0 Å². The smallest absolute Gasteiger partial charge is 0.119 e. The topological polar surface area (TPSA) is 44.2 Å². The van der Waals surface area contributed by atoms with Crippen LogP contribution in [0.25, 0.3) is 15.7 Å². The van der Waals surface area contributed by atoms with Crippen molar-refractivity contribution in [3.05, 3.63) is 77.8 Å². The summed E-state index contributed by atoms with van der Waals surface area (Å²) in [5.74, 6) is 1.80. The zero-order valence-electron chi connectivity index (χ0n) is 22.5. The summed E-state index contributed by atoms with van der Waals surface area (Å²) in [6.07, 6.45) is 14.4. The van der Waals surface area contributed by atoms with Gasteiger partial charge in [0, 0.05) is 10.0 Å². The first-order valence-corrected chi connectivity index (χ1v) is 15.5. The van der Waals surface area contributed by atoms with Crippen LogP contribution in [0.5, 0.6) is 11.5 Å². The van der Waals surface area contributed by atoms with Crippen molar-refractivity contribution < 1.29 is 9.47 Å². The van der Waals surface area contributed by atoms with Gasteiger partial charge in [-0.3, -0.25) is 4.98 Å². The molecule has 1 aliphatic carbocycles. The van der Waals surface area contributed by atoms with Crippen molar-refractivity contribution in [3.8, 4) is 22.8 Å². The van der Waals surface area contributed by atoms with Crippen molar-refractivity contribution in [3.63, 3.8) is 0 Å². The number of unbranched alkanes of at least 4 members (excludes halogenated alkanes) is 6. The summed E-state index contributed by atoms with van der Waals surface area (Å²) in [6, 6.07) is 16.5. The molecule has 0 fully saturated rings. The highest BCUT2D eigenvalue weighted by Gasteiger charge is 2.38. The van der Waals surface area contributed by atoms with Gasteiger partial charge in [0.2, 0.25) is 0 Å². The van der Waals surface area contributed by atoms with Crippen molar-refractivity contribution in [2.75, 3.05) is 13.2 Å². The Kier molecular flexibility index (Phi) is 10.8. The van der Waals surface area contributed by atoms with Gasteiger partial charge >= 0.3 is 0 Å². The van der Waals surface area contributed by atoms with E-state index in [1.54, 1.807) is 0 Å². The molecule has 202 valence electrons. The Labute approximate surface area is 244 Å². The maximum atomic E-state index is 5.95. The van der Waals surface area contributed by atoms with Gasteiger partial charge in [0.15, 0.2) is 0 Å². The van der Waals surface area contributed by atoms with E-state index in [0.717, 1.165) is 76.7 Å². The Hall–Kier alpha value is -2.18. The van der Waals surface area contributed by atoms with E-state index in [4.69, 9.17) is 19.4 Å². The van der Waals surface area contributed by atoms with E-state index in [-0.39, 0.29) is 0 Å². The van der Waals surface area contributed by atoms with Crippen LogP contribution in [0.4, 0.5) is 0 Å². The number of hydrogen-bond acceptors (Lipinski definition) is 4. The summed E-state index contributed by atoms with van der Waals surface area (Å²) in [5, 5.41) is 0. The molecule has 38 heavy (non-hydrogen) atoms. The lowest BCUT2D eigenvalue weighted by molar-refractivity contribution is 0.305. The summed E-state index contributed by atoms with van der Waals surface area (Å²) in [4.78, 5) is 9.95. The van der Waals surface area contributed by atoms with Crippen molar-refractivity contribution >= 4 is 36.3 Å². The van der Waals surface area contributed by atoms with Crippen molar-refractivity contribution in [1.82, 2.24) is 9.97 Å². The highest BCUT2D eigenvalue weighted by atomic mass is 79.9. The van der Waals surface area contributed by atoms with Gasteiger partial charge in [-0.2, -0.15) is 0 Å². The van der Waals surface area contributed by atoms with Crippen LogP contribution in [0, 0.1) is 0 Å². The minimum atomic E-state index is -0.444. The van der Waals surface area contributed by atoms with Gasteiger partial charge in [-0.05, 0) is 77.2 Å². The standard InChI is InChI=1S/C32H38Br2N2O2/c1-3-5-7-9-21-37-26-15-11-24(12-16-26)29-23-35-31-30(36-29)28(33)19-20-32(31,34)25-13-17-27(18-14-25)38-22-10-8-6-4-2/h11-19,23H,3-10,20-22H2,1-2H3. The minimum Gasteiger partial charge on any atom is -0.494 e. The van der Waals surface area contributed by atoms with Gasteiger partial charge in [0.05, 0.1) is 35.1 Å². The number of halogens is 2. The minimum absolute atomic E-state index is 0.444. The highest BCUT2D eigenvalue weighted by Crippen LogP contribution is 2.48. The normalized spacial score (nSPS) is 16.6. The lowest BCUT2D eigenvalue weighted by atomic mass is 9.87. The predicted octanol–water partition coefficient (Wildman–Crippen LogP) is 9.84. The van der Waals surface area contributed by atoms with Gasteiger partial charge in [0.25, 0.3) is 0 Å². The predicted molar refractivity (Wildman–Crippen MR) is 164 cm³/mol. The number of allylic oxidation sites excluding steroid dienone is 1. The zero-order chi connectivity index (χ0) is 26.8. The average molecular weight is 642 g/mol. The molecule has 0 bridgehead atoms. The molecule has 6 heteroatoms. The average Bonchev–Trinajstić information content (AvgIpc) is 2.95. The fraction of sp³-hybridized carbons (Fsp3) is 0.438. The highest BCUT2D eigenvalue weighted by molar-refractivity contribution is 9.15. The van der Waals surface area contributed by atoms with Crippen LogP contribution in [-0.2, 0) is 4.32 Å². The molecule has 2 aromatic carbocycles. The van der Waals surface area contributed by atoms with Gasteiger partial charge < -0.3 is 9.47 Å². The van der Waals surface area contributed by atoms with E-state index in [0.29, 0.717) is 0 Å². The molecule has 4 rings (SSSR count). The monoisotopic (exact) mass is 640 g/mol. The van der Waals surface area contributed by atoms with Gasteiger partial charge in [0.1, 0.15) is 17.2 Å². The largest absolute Gasteiger partial charge is 0.494 e. The number of nitrogens with zero attached hydrogens (tertiary/aromatic N) is 2. The van der Waals surface area contributed by atoms with E-state index >= 15 is 0 Å². The molecule has 4 nitrogen and oxygen atoms in total. The van der Waals surface area contributed by atoms with E-state index in [2.05, 4.69) is 88.2 Å². The molecule has 0 N–H and O–H groups in total. The van der Waals surface area contributed by atoms with Gasteiger partial charge in [-0.15, -0.1) is 0 Å². The van der Waals surface area contributed by atoms with E-state index < -0.39 is 4.32 Å².